The largest absolute Gasteiger partial charge is 0.380 e. The van der Waals surface area contributed by atoms with E-state index in [1.165, 1.54) is 0 Å². The van der Waals surface area contributed by atoms with Crippen molar-refractivity contribution in [2.75, 3.05) is 10.6 Å². The van der Waals surface area contributed by atoms with Crippen LogP contribution in [0.4, 0.5) is 11.4 Å². The molecule has 30 heavy (non-hydrogen) atoms. The van der Waals surface area contributed by atoms with Crippen LogP contribution in [-0.4, -0.2) is 44.5 Å². The molecule has 0 bridgehead atoms. The van der Waals surface area contributed by atoms with Crippen molar-refractivity contribution in [2.45, 2.75) is 12.2 Å². The summed E-state index contributed by atoms with van der Waals surface area (Å²) in [6.45, 7) is 0. The summed E-state index contributed by atoms with van der Waals surface area (Å²) in [5.41, 5.74) is 10.3. The molecule has 0 aromatic heterocycles. The van der Waals surface area contributed by atoms with E-state index in [1.807, 2.05) is 12.1 Å². The van der Waals surface area contributed by atoms with Crippen LogP contribution in [0, 0.1) is 0 Å². The SMILES string of the molecule is O=C(NNC(=S)Nc1ccccc1)[C@@H](O)[C@@H](O)C(=O)NNC(=S)Nc1ccccc1. The second-order valence-corrected chi connectivity index (χ2v) is 6.57. The Bertz CT molecular complexity index is 811. The molecule has 0 aliphatic rings. The van der Waals surface area contributed by atoms with Gasteiger partial charge in [-0.1, -0.05) is 36.4 Å². The fourth-order valence-corrected chi connectivity index (χ4v) is 2.38. The molecular weight excluding hydrogens is 428 g/mol. The van der Waals surface area contributed by atoms with Crippen LogP contribution in [0.15, 0.2) is 60.7 Å². The van der Waals surface area contributed by atoms with Crippen molar-refractivity contribution < 1.29 is 19.8 Å². The maximum Gasteiger partial charge on any atom is 0.270 e. The fourth-order valence-electron chi connectivity index (χ4n) is 2.04. The first-order valence-electron chi connectivity index (χ1n) is 8.56. The molecule has 0 saturated carbocycles. The monoisotopic (exact) mass is 448 g/mol. The van der Waals surface area contributed by atoms with Crippen molar-refractivity contribution in [1.29, 1.82) is 0 Å². The Labute approximate surface area is 183 Å². The van der Waals surface area contributed by atoms with E-state index in [0.29, 0.717) is 11.4 Å². The predicted octanol–water partition coefficient (Wildman–Crippen LogP) is -0.256. The summed E-state index contributed by atoms with van der Waals surface area (Å²) in [6.07, 6.45) is -4.12. The number of hydrogen-bond donors (Lipinski definition) is 8. The molecule has 0 radical (unpaired) electrons. The number of rotatable bonds is 5. The van der Waals surface area contributed by atoms with Crippen LogP contribution in [0.5, 0.6) is 0 Å². The molecule has 10 nitrogen and oxygen atoms in total. The van der Waals surface area contributed by atoms with Crippen LogP contribution in [0.2, 0.25) is 0 Å². The zero-order valence-electron chi connectivity index (χ0n) is 15.5. The normalized spacial score (nSPS) is 11.9. The van der Waals surface area contributed by atoms with E-state index in [-0.39, 0.29) is 10.2 Å². The fraction of sp³-hybridized carbons (Fsp3) is 0.111. The van der Waals surface area contributed by atoms with Crippen LogP contribution < -0.4 is 32.3 Å². The van der Waals surface area contributed by atoms with Crippen LogP contribution in [0.3, 0.4) is 0 Å². The van der Waals surface area contributed by atoms with E-state index in [4.69, 9.17) is 24.4 Å². The van der Waals surface area contributed by atoms with Gasteiger partial charge < -0.3 is 20.8 Å². The molecule has 0 fully saturated rings. The topological polar surface area (TPSA) is 147 Å². The zero-order chi connectivity index (χ0) is 21.9. The van der Waals surface area contributed by atoms with Crippen molar-refractivity contribution in [3.63, 3.8) is 0 Å². The van der Waals surface area contributed by atoms with E-state index < -0.39 is 24.0 Å². The van der Waals surface area contributed by atoms with Gasteiger partial charge in [0.1, 0.15) is 0 Å². The first-order valence-corrected chi connectivity index (χ1v) is 9.38. The molecular formula is C18H20N6O4S2. The molecule has 12 heteroatoms. The highest BCUT2D eigenvalue weighted by molar-refractivity contribution is 7.80. The summed E-state index contributed by atoms with van der Waals surface area (Å²) in [5, 5.41) is 25.4. The number of carbonyl (C=O) groups is 2. The Morgan fingerprint density at radius 1 is 0.633 bits per heavy atom. The third-order valence-electron chi connectivity index (χ3n) is 3.50. The number of nitrogens with one attached hydrogen (secondary N) is 6. The summed E-state index contributed by atoms with van der Waals surface area (Å²) in [5.74, 6) is -2.14. The summed E-state index contributed by atoms with van der Waals surface area (Å²) in [7, 11) is 0. The van der Waals surface area contributed by atoms with Gasteiger partial charge >= 0.3 is 0 Å². The molecule has 0 heterocycles. The molecule has 8 N–H and O–H groups in total. The lowest BCUT2D eigenvalue weighted by Crippen LogP contribution is -2.56. The first-order chi connectivity index (χ1) is 14.4. The van der Waals surface area contributed by atoms with Gasteiger partial charge in [-0.2, -0.15) is 0 Å². The quantitative estimate of drug-likeness (QED) is 0.227. The summed E-state index contributed by atoms with van der Waals surface area (Å²) in [4.78, 5) is 23.8. The number of hydrazine groups is 2. The lowest BCUT2D eigenvalue weighted by molar-refractivity contribution is -0.146. The number of thiocarbonyl (C=S) groups is 2. The number of benzene rings is 2. The van der Waals surface area contributed by atoms with Gasteiger partial charge in [-0.3, -0.25) is 31.3 Å². The van der Waals surface area contributed by atoms with Crippen molar-refractivity contribution in [1.82, 2.24) is 21.7 Å². The van der Waals surface area contributed by atoms with E-state index in [0.717, 1.165) is 0 Å². The smallest absolute Gasteiger partial charge is 0.270 e. The first kappa shape index (κ1) is 23.0. The molecule has 2 aromatic carbocycles. The van der Waals surface area contributed by atoms with Gasteiger partial charge in [0.2, 0.25) is 0 Å². The van der Waals surface area contributed by atoms with Gasteiger partial charge in [0.25, 0.3) is 11.8 Å². The van der Waals surface area contributed by atoms with Gasteiger partial charge in [0.15, 0.2) is 22.4 Å². The highest BCUT2D eigenvalue weighted by atomic mass is 32.1. The Kier molecular flexibility index (Phi) is 8.90. The third-order valence-corrected chi connectivity index (χ3v) is 3.91. The molecule has 0 unspecified atom stereocenters. The lowest BCUT2D eigenvalue weighted by atomic mass is 10.2. The summed E-state index contributed by atoms with van der Waals surface area (Å²) < 4.78 is 0. The zero-order valence-corrected chi connectivity index (χ0v) is 17.1. The van der Waals surface area contributed by atoms with E-state index >= 15 is 0 Å². The predicted molar refractivity (Wildman–Crippen MR) is 120 cm³/mol. The van der Waals surface area contributed by atoms with E-state index in [9.17, 15) is 19.8 Å². The number of aliphatic hydroxyl groups is 2. The van der Waals surface area contributed by atoms with E-state index in [1.54, 1.807) is 48.5 Å². The van der Waals surface area contributed by atoms with Gasteiger partial charge in [0, 0.05) is 11.4 Å². The van der Waals surface area contributed by atoms with Crippen LogP contribution >= 0.6 is 24.4 Å². The van der Waals surface area contributed by atoms with Gasteiger partial charge in [-0.15, -0.1) is 0 Å². The molecule has 2 aromatic rings. The highest BCUT2D eigenvalue weighted by Gasteiger charge is 2.30. The van der Waals surface area contributed by atoms with Gasteiger partial charge in [-0.25, -0.2) is 0 Å². The Morgan fingerprint density at radius 2 is 0.967 bits per heavy atom. The molecule has 2 atom stereocenters. The maximum absolute atomic E-state index is 11.9. The molecule has 0 aliphatic heterocycles. The van der Waals surface area contributed by atoms with Gasteiger partial charge in [-0.05, 0) is 48.7 Å². The van der Waals surface area contributed by atoms with Crippen molar-refractivity contribution in [2.24, 2.45) is 0 Å². The average molecular weight is 449 g/mol. The molecule has 0 aliphatic carbocycles. The van der Waals surface area contributed by atoms with Crippen molar-refractivity contribution in [3.05, 3.63) is 60.7 Å². The second-order valence-electron chi connectivity index (χ2n) is 5.76. The lowest BCUT2D eigenvalue weighted by Gasteiger charge is -2.19. The molecule has 2 rings (SSSR count). The number of aliphatic hydroxyl groups excluding tert-OH is 2. The minimum absolute atomic E-state index is 0.0414. The summed E-state index contributed by atoms with van der Waals surface area (Å²) >= 11 is 9.98. The van der Waals surface area contributed by atoms with E-state index in [2.05, 4.69) is 32.3 Å². The number of anilines is 2. The minimum Gasteiger partial charge on any atom is -0.380 e. The summed E-state index contributed by atoms with van der Waals surface area (Å²) in [6, 6.07) is 17.8. The third kappa shape index (κ3) is 7.60. The highest BCUT2D eigenvalue weighted by Crippen LogP contribution is 2.05. The van der Waals surface area contributed by atoms with Crippen molar-refractivity contribution >= 4 is 57.8 Å². The number of amides is 2. The van der Waals surface area contributed by atoms with Crippen LogP contribution in [-0.2, 0) is 9.59 Å². The van der Waals surface area contributed by atoms with Crippen molar-refractivity contribution in [3.8, 4) is 0 Å². The average Bonchev–Trinajstić information content (AvgIpc) is 2.76. The van der Waals surface area contributed by atoms with Crippen LogP contribution in [0.25, 0.3) is 0 Å². The molecule has 158 valence electrons. The molecule has 0 saturated heterocycles. The van der Waals surface area contributed by atoms with Gasteiger partial charge in [0.05, 0.1) is 0 Å². The number of para-hydroxylation sites is 2. The number of carbonyl (C=O) groups excluding carboxylic acids is 2. The molecule has 2 amide bonds. The second kappa shape index (κ2) is 11.6. The number of hydrogen-bond acceptors (Lipinski definition) is 6. The maximum atomic E-state index is 11.9. The standard InChI is InChI=1S/C18H20N6O4S2/c25-13(15(27)21-23-17(29)19-11-7-3-1-4-8-11)14(26)16(28)22-24-18(30)20-12-9-5-2-6-10-12/h1-10,13-14,25-26H,(H,21,27)(H,22,28)(H2,19,23,29)(H2,20,24,30)/t13-,14+. The minimum atomic E-state index is -2.06. The Hall–Kier alpha value is -3.32. The Balaban J connectivity index is 1.72. The van der Waals surface area contributed by atoms with Crippen LogP contribution in [0.1, 0.15) is 0 Å². The molecule has 0 spiro atoms. The Morgan fingerprint density at radius 3 is 1.30 bits per heavy atom.